The van der Waals surface area contributed by atoms with Crippen molar-refractivity contribution in [2.45, 2.75) is 39.5 Å². The lowest BCUT2D eigenvalue weighted by atomic mass is 10.1. The lowest BCUT2D eigenvalue weighted by molar-refractivity contribution is -0.0498. The monoisotopic (exact) mass is 422 g/mol. The van der Waals surface area contributed by atoms with Crippen molar-refractivity contribution in [2.75, 3.05) is 19.7 Å². The Labute approximate surface area is 175 Å². The molecule has 1 unspecified atom stereocenters. The summed E-state index contributed by atoms with van der Waals surface area (Å²) in [5.74, 6) is 1.13. The van der Waals surface area contributed by atoms with Gasteiger partial charge < -0.3 is 25.2 Å². The van der Waals surface area contributed by atoms with Crippen molar-refractivity contribution in [1.29, 1.82) is 0 Å². The highest BCUT2D eigenvalue weighted by atomic mass is 19.3. The highest BCUT2D eigenvalue weighted by Crippen LogP contribution is 2.19. The first-order valence-corrected chi connectivity index (χ1v) is 9.85. The van der Waals surface area contributed by atoms with E-state index in [4.69, 9.17) is 4.74 Å². The number of aromatic nitrogens is 1. The first-order chi connectivity index (χ1) is 14.5. The van der Waals surface area contributed by atoms with Crippen LogP contribution < -0.4 is 20.1 Å². The van der Waals surface area contributed by atoms with Gasteiger partial charge >= 0.3 is 6.61 Å². The van der Waals surface area contributed by atoms with Gasteiger partial charge in [0.25, 0.3) is 0 Å². The molecule has 30 heavy (non-hydrogen) atoms. The molecular weight excluding hydrogens is 394 g/mol. The van der Waals surface area contributed by atoms with E-state index in [0.29, 0.717) is 37.1 Å². The maximum Gasteiger partial charge on any atom is 0.387 e. The molecule has 0 aliphatic rings. The smallest absolute Gasteiger partial charge is 0.387 e. The van der Waals surface area contributed by atoms with Crippen molar-refractivity contribution in [1.82, 2.24) is 15.6 Å². The van der Waals surface area contributed by atoms with Gasteiger partial charge in [0.05, 0.1) is 19.3 Å². The van der Waals surface area contributed by atoms with E-state index in [1.807, 2.05) is 26.0 Å². The SMILES string of the molecule is CCCOc1ncccc1CN=C(NCC)NCC(O)c1ccc(OC(F)F)cc1. The Bertz CT molecular complexity index is 788. The lowest BCUT2D eigenvalue weighted by Crippen LogP contribution is -2.39. The van der Waals surface area contributed by atoms with E-state index in [9.17, 15) is 13.9 Å². The van der Waals surface area contributed by atoms with Crippen molar-refractivity contribution in [2.24, 2.45) is 4.99 Å². The number of hydrogen-bond donors (Lipinski definition) is 3. The zero-order chi connectivity index (χ0) is 21.8. The van der Waals surface area contributed by atoms with E-state index in [-0.39, 0.29) is 12.3 Å². The Hall–Kier alpha value is -2.94. The number of alkyl halides is 2. The third-order valence-electron chi connectivity index (χ3n) is 4.00. The largest absolute Gasteiger partial charge is 0.477 e. The van der Waals surface area contributed by atoms with Gasteiger partial charge in [0.2, 0.25) is 5.88 Å². The zero-order valence-electron chi connectivity index (χ0n) is 17.1. The van der Waals surface area contributed by atoms with E-state index in [0.717, 1.165) is 12.0 Å². The van der Waals surface area contributed by atoms with Gasteiger partial charge in [0.1, 0.15) is 5.75 Å². The van der Waals surface area contributed by atoms with Gasteiger partial charge in [-0.3, -0.25) is 0 Å². The number of rotatable bonds is 11. The van der Waals surface area contributed by atoms with Crippen LogP contribution in [-0.4, -0.2) is 42.4 Å². The second-order valence-electron chi connectivity index (χ2n) is 6.36. The first kappa shape index (κ1) is 23.3. The molecular formula is C21H28F2N4O3. The number of ether oxygens (including phenoxy) is 2. The number of aliphatic imine (C=N–C) groups is 1. The molecule has 9 heteroatoms. The Morgan fingerprint density at radius 3 is 2.60 bits per heavy atom. The zero-order valence-corrected chi connectivity index (χ0v) is 17.1. The molecule has 1 aromatic carbocycles. The van der Waals surface area contributed by atoms with Crippen LogP contribution in [0.5, 0.6) is 11.6 Å². The number of guanidine groups is 1. The molecule has 0 saturated heterocycles. The number of benzene rings is 1. The third kappa shape index (κ3) is 7.82. The average Bonchev–Trinajstić information content (AvgIpc) is 2.74. The van der Waals surface area contributed by atoms with Gasteiger partial charge in [0.15, 0.2) is 5.96 Å². The van der Waals surface area contributed by atoms with Gasteiger partial charge in [-0.25, -0.2) is 9.98 Å². The summed E-state index contributed by atoms with van der Waals surface area (Å²) in [6.45, 7) is 2.86. The molecule has 1 atom stereocenters. The van der Waals surface area contributed by atoms with E-state index in [2.05, 4.69) is 25.3 Å². The first-order valence-electron chi connectivity index (χ1n) is 9.85. The average molecular weight is 422 g/mol. The quantitative estimate of drug-likeness (QED) is 0.381. The molecule has 3 N–H and O–H groups in total. The molecule has 164 valence electrons. The molecule has 0 spiro atoms. The Morgan fingerprint density at radius 2 is 1.93 bits per heavy atom. The summed E-state index contributed by atoms with van der Waals surface area (Å²) in [5.41, 5.74) is 1.43. The second-order valence-corrected chi connectivity index (χ2v) is 6.36. The summed E-state index contributed by atoms with van der Waals surface area (Å²) < 4.78 is 34.4. The molecule has 2 aromatic rings. The second kappa shape index (κ2) is 12.6. The van der Waals surface area contributed by atoms with Gasteiger partial charge in [-0.2, -0.15) is 8.78 Å². The van der Waals surface area contributed by atoms with E-state index in [1.54, 1.807) is 18.3 Å². The number of halogens is 2. The Balaban J connectivity index is 1.96. The maximum absolute atomic E-state index is 12.2. The number of nitrogens with zero attached hydrogens (tertiary/aromatic N) is 2. The molecule has 1 aromatic heterocycles. The number of hydrogen-bond acceptors (Lipinski definition) is 5. The van der Waals surface area contributed by atoms with Gasteiger partial charge in [-0.1, -0.05) is 25.1 Å². The molecule has 2 rings (SSSR count). The number of pyridine rings is 1. The molecule has 0 fully saturated rings. The molecule has 0 bridgehead atoms. The van der Waals surface area contributed by atoms with Crippen LogP contribution in [-0.2, 0) is 6.54 Å². The van der Waals surface area contributed by atoms with Gasteiger partial charge in [0, 0.05) is 24.8 Å². The summed E-state index contributed by atoms with van der Waals surface area (Å²) in [4.78, 5) is 8.77. The molecule has 0 amide bonds. The predicted molar refractivity (Wildman–Crippen MR) is 111 cm³/mol. The molecule has 0 radical (unpaired) electrons. The third-order valence-corrected chi connectivity index (χ3v) is 4.00. The number of nitrogens with one attached hydrogen (secondary N) is 2. The van der Waals surface area contributed by atoms with E-state index >= 15 is 0 Å². The summed E-state index contributed by atoms with van der Waals surface area (Å²) in [7, 11) is 0. The van der Waals surface area contributed by atoms with Crippen molar-refractivity contribution < 1.29 is 23.4 Å². The van der Waals surface area contributed by atoms with Crippen molar-refractivity contribution in [3.8, 4) is 11.6 Å². The Kier molecular flexibility index (Phi) is 9.79. The summed E-state index contributed by atoms with van der Waals surface area (Å²) in [6.07, 6.45) is 1.71. The van der Waals surface area contributed by atoms with Gasteiger partial charge in [-0.15, -0.1) is 0 Å². The summed E-state index contributed by atoms with van der Waals surface area (Å²) >= 11 is 0. The minimum Gasteiger partial charge on any atom is -0.477 e. The van der Waals surface area contributed by atoms with Crippen LogP contribution >= 0.6 is 0 Å². The summed E-state index contributed by atoms with van der Waals surface area (Å²) in [5, 5.41) is 16.6. The van der Waals surface area contributed by atoms with Crippen LogP contribution in [0.15, 0.2) is 47.6 Å². The maximum atomic E-state index is 12.2. The number of aliphatic hydroxyl groups excluding tert-OH is 1. The topological polar surface area (TPSA) is 88.0 Å². The standard InChI is InChI=1S/C21H28F2N4O3/c1-3-12-29-19-16(6-5-11-25-19)13-26-21(24-4-2)27-14-18(28)15-7-9-17(10-8-15)30-20(22)23/h5-11,18,20,28H,3-4,12-14H2,1-2H3,(H2,24,26,27). The molecule has 0 aliphatic carbocycles. The molecule has 0 aliphatic heterocycles. The van der Waals surface area contributed by atoms with Crippen LogP contribution in [0.4, 0.5) is 8.78 Å². The van der Waals surface area contributed by atoms with E-state index < -0.39 is 12.7 Å². The normalized spacial score (nSPS) is 12.5. The Morgan fingerprint density at radius 1 is 1.17 bits per heavy atom. The number of aliphatic hydroxyl groups is 1. The lowest BCUT2D eigenvalue weighted by Gasteiger charge is -2.16. The summed E-state index contributed by atoms with van der Waals surface area (Å²) in [6, 6.07) is 9.61. The molecule has 1 heterocycles. The van der Waals surface area contributed by atoms with Crippen LogP contribution in [0.1, 0.15) is 37.5 Å². The fourth-order valence-corrected chi connectivity index (χ4v) is 2.56. The minimum absolute atomic E-state index is 0.0429. The van der Waals surface area contributed by atoms with Crippen molar-refractivity contribution in [3.05, 3.63) is 53.7 Å². The van der Waals surface area contributed by atoms with Crippen molar-refractivity contribution >= 4 is 5.96 Å². The van der Waals surface area contributed by atoms with Crippen molar-refractivity contribution in [3.63, 3.8) is 0 Å². The minimum atomic E-state index is -2.88. The van der Waals surface area contributed by atoms with Crippen LogP contribution in [0.2, 0.25) is 0 Å². The highest BCUT2D eigenvalue weighted by molar-refractivity contribution is 5.79. The van der Waals surface area contributed by atoms with Crippen LogP contribution in [0, 0.1) is 0 Å². The molecule has 0 saturated carbocycles. The predicted octanol–water partition coefficient (Wildman–Crippen LogP) is 3.26. The van der Waals surface area contributed by atoms with E-state index in [1.165, 1.54) is 12.1 Å². The molecule has 7 nitrogen and oxygen atoms in total. The van der Waals surface area contributed by atoms with Crippen LogP contribution in [0.3, 0.4) is 0 Å². The fourth-order valence-electron chi connectivity index (χ4n) is 2.56. The van der Waals surface area contributed by atoms with Crippen LogP contribution in [0.25, 0.3) is 0 Å². The highest BCUT2D eigenvalue weighted by Gasteiger charge is 2.11. The fraction of sp³-hybridized carbons (Fsp3) is 0.429. The van der Waals surface area contributed by atoms with Gasteiger partial charge in [-0.05, 0) is 37.1 Å².